The first-order valence-corrected chi connectivity index (χ1v) is 8.37. The lowest BCUT2D eigenvalue weighted by atomic mass is 9.70. The molecule has 2 nitrogen and oxygen atoms in total. The van der Waals surface area contributed by atoms with Crippen LogP contribution in [0.2, 0.25) is 0 Å². The second-order valence-electron chi connectivity index (χ2n) is 6.39. The smallest absolute Gasteiger partial charge is 0.0372 e. The minimum Gasteiger partial charge on any atom is -0.316 e. The van der Waals surface area contributed by atoms with Crippen molar-refractivity contribution in [1.82, 2.24) is 10.3 Å². The summed E-state index contributed by atoms with van der Waals surface area (Å²) >= 11 is 0. The molecule has 1 aromatic rings. The first-order valence-electron chi connectivity index (χ1n) is 8.37. The number of nitrogens with one attached hydrogen (secondary N) is 1. The lowest BCUT2D eigenvalue weighted by Crippen LogP contribution is -2.32. The summed E-state index contributed by atoms with van der Waals surface area (Å²) in [5.41, 5.74) is 2.58. The van der Waals surface area contributed by atoms with E-state index in [-0.39, 0.29) is 0 Å². The fraction of sp³-hybridized carbons (Fsp3) is 0.722. The Morgan fingerprint density at radius 2 is 2.10 bits per heavy atom. The van der Waals surface area contributed by atoms with Gasteiger partial charge in [-0.1, -0.05) is 32.8 Å². The van der Waals surface area contributed by atoms with Crippen LogP contribution in [-0.2, 0) is 0 Å². The molecule has 3 unspecified atom stereocenters. The molecule has 1 aliphatic carbocycles. The second-order valence-corrected chi connectivity index (χ2v) is 6.39. The summed E-state index contributed by atoms with van der Waals surface area (Å²) < 4.78 is 0. The molecular formula is C18H30N2. The van der Waals surface area contributed by atoms with Crippen molar-refractivity contribution in [3.05, 3.63) is 29.6 Å². The molecule has 1 aromatic heterocycles. The third kappa shape index (κ3) is 4.05. The molecule has 1 N–H and O–H groups in total. The summed E-state index contributed by atoms with van der Waals surface area (Å²) in [6.45, 7) is 8.96. The molecule has 2 heteroatoms. The fourth-order valence-corrected chi connectivity index (χ4v) is 3.51. The van der Waals surface area contributed by atoms with Crippen molar-refractivity contribution in [1.29, 1.82) is 0 Å². The highest BCUT2D eigenvalue weighted by Gasteiger charge is 2.30. The molecule has 3 atom stereocenters. The Morgan fingerprint density at radius 1 is 1.25 bits per heavy atom. The van der Waals surface area contributed by atoms with Crippen LogP contribution in [0.1, 0.15) is 63.1 Å². The average molecular weight is 274 g/mol. The molecule has 0 amide bonds. The highest BCUT2D eigenvalue weighted by atomic mass is 14.9. The second kappa shape index (κ2) is 7.78. The molecule has 0 radical (unpaired) electrons. The van der Waals surface area contributed by atoms with Gasteiger partial charge in [0.1, 0.15) is 0 Å². The molecule has 112 valence electrons. The van der Waals surface area contributed by atoms with Crippen LogP contribution in [0.25, 0.3) is 0 Å². The maximum atomic E-state index is 4.52. The quantitative estimate of drug-likeness (QED) is 0.782. The molecule has 1 saturated carbocycles. The van der Waals surface area contributed by atoms with Crippen molar-refractivity contribution in [2.45, 2.75) is 58.8 Å². The first-order chi connectivity index (χ1) is 9.74. The minimum absolute atomic E-state index is 0.700. The Labute approximate surface area is 124 Å². The van der Waals surface area contributed by atoms with Gasteiger partial charge >= 0.3 is 0 Å². The standard InChI is InChI=1S/C18H30N2/c1-4-10-19-12-16-9-7-15(5-2)11-18(16)17-8-6-14(3)20-13-17/h6,8,13,15-16,18-19H,4-5,7,9-12H2,1-3H3. The van der Waals surface area contributed by atoms with Crippen LogP contribution in [0.15, 0.2) is 18.3 Å². The van der Waals surface area contributed by atoms with Gasteiger partial charge in [-0.3, -0.25) is 4.98 Å². The van der Waals surface area contributed by atoms with Gasteiger partial charge in [0.05, 0.1) is 0 Å². The summed E-state index contributed by atoms with van der Waals surface area (Å²) in [6, 6.07) is 4.47. The Hall–Kier alpha value is -0.890. The minimum atomic E-state index is 0.700. The number of hydrogen-bond donors (Lipinski definition) is 1. The molecule has 0 bridgehead atoms. The van der Waals surface area contributed by atoms with Gasteiger partial charge in [-0.2, -0.15) is 0 Å². The van der Waals surface area contributed by atoms with E-state index in [2.05, 4.69) is 49.4 Å². The highest BCUT2D eigenvalue weighted by molar-refractivity contribution is 5.19. The lowest BCUT2D eigenvalue weighted by molar-refractivity contribution is 0.225. The summed E-state index contributed by atoms with van der Waals surface area (Å²) in [4.78, 5) is 4.52. The van der Waals surface area contributed by atoms with Gasteiger partial charge in [0, 0.05) is 11.9 Å². The molecule has 1 heterocycles. The lowest BCUT2D eigenvalue weighted by Gasteiger charge is -2.36. The SMILES string of the molecule is CCCNCC1CCC(CC)CC1c1ccc(C)nc1. The van der Waals surface area contributed by atoms with Gasteiger partial charge in [0.15, 0.2) is 0 Å². The van der Waals surface area contributed by atoms with E-state index in [1.54, 1.807) is 0 Å². The predicted octanol–water partition coefficient (Wildman–Crippen LogP) is 4.30. The zero-order chi connectivity index (χ0) is 14.4. The van der Waals surface area contributed by atoms with E-state index >= 15 is 0 Å². The third-order valence-electron chi connectivity index (χ3n) is 4.88. The summed E-state index contributed by atoms with van der Waals surface area (Å²) in [6.07, 6.45) is 8.79. The van der Waals surface area contributed by atoms with Crippen LogP contribution in [0.5, 0.6) is 0 Å². The molecule has 2 rings (SSSR count). The van der Waals surface area contributed by atoms with Crippen LogP contribution < -0.4 is 5.32 Å². The molecule has 1 aliphatic rings. The monoisotopic (exact) mass is 274 g/mol. The van der Waals surface area contributed by atoms with E-state index < -0.39 is 0 Å². The van der Waals surface area contributed by atoms with E-state index in [4.69, 9.17) is 0 Å². The number of nitrogens with zero attached hydrogens (tertiary/aromatic N) is 1. The zero-order valence-electron chi connectivity index (χ0n) is 13.4. The van der Waals surface area contributed by atoms with Gasteiger partial charge in [-0.15, -0.1) is 0 Å². The molecular weight excluding hydrogens is 244 g/mol. The van der Waals surface area contributed by atoms with Crippen LogP contribution in [0.4, 0.5) is 0 Å². The van der Waals surface area contributed by atoms with Crippen molar-refractivity contribution in [3.8, 4) is 0 Å². The Bertz CT molecular complexity index is 383. The third-order valence-corrected chi connectivity index (χ3v) is 4.88. The number of rotatable bonds is 6. The maximum Gasteiger partial charge on any atom is 0.0372 e. The molecule has 20 heavy (non-hydrogen) atoms. The van der Waals surface area contributed by atoms with Gasteiger partial charge in [-0.05, 0) is 68.7 Å². The topological polar surface area (TPSA) is 24.9 Å². The normalized spacial score (nSPS) is 26.6. The Kier molecular flexibility index (Phi) is 6.03. The van der Waals surface area contributed by atoms with Crippen molar-refractivity contribution in [2.75, 3.05) is 13.1 Å². The summed E-state index contributed by atoms with van der Waals surface area (Å²) in [5.74, 6) is 2.39. The zero-order valence-corrected chi connectivity index (χ0v) is 13.4. The van der Waals surface area contributed by atoms with E-state index in [1.165, 1.54) is 44.2 Å². The number of pyridine rings is 1. The summed E-state index contributed by atoms with van der Waals surface area (Å²) in [7, 11) is 0. The van der Waals surface area contributed by atoms with Crippen LogP contribution in [0.3, 0.4) is 0 Å². The molecule has 0 aromatic carbocycles. The van der Waals surface area contributed by atoms with E-state index in [0.29, 0.717) is 5.92 Å². The van der Waals surface area contributed by atoms with Crippen molar-refractivity contribution in [2.24, 2.45) is 11.8 Å². The first kappa shape index (κ1) is 15.5. The van der Waals surface area contributed by atoms with Crippen molar-refractivity contribution in [3.63, 3.8) is 0 Å². The maximum absolute atomic E-state index is 4.52. The molecule has 0 saturated heterocycles. The number of aromatic nitrogens is 1. The van der Waals surface area contributed by atoms with Gasteiger partial charge in [-0.25, -0.2) is 0 Å². The van der Waals surface area contributed by atoms with Crippen molar-refractivity contribution < 1.29 is 0 Å². The molecule has 1 fully saturated rings. The summed E-state index contributed by atoms with van der Waals surface area (Å²) in [5, 5.41) is 3.63. The number of hydrogen-bond acceptors (Lipinski definition) is 2. The van der Waals surface area contributed by atoms with E-state index in [9.17, 15) is 0 Å². The van der Waals surface area contributed by atoms with E-state index in [1.807, 2.05) is 0 Å². The van der Waals surface area contributed by atoms with Crippen LogP contribution in [-0.4, -0.2) is 18.1 Å². The Balaban J connectivity index is 2.06. The van der Waals surface area contributed by atoms with Crippen molar-refractivity contribution >= 4 is 0 Å². The predicted molar refractivity (Wildman–Crippen MR) is 86.0 cm³/mol. The molecule has 0 spiro atoms. The van der Waals surface area contributed by atoms with Crippen LogP contribution >= 0.6 is 0 Å². The average Bonchev–Trinajstić information content (AvgIpc) is 2.48. The van der Waals surface area contributed by atoms with Gasteiger partial charge in [0.2, 0.25) is 0 Å². The van der Waals surface area contributed by atoms with Gasteiger partial charge in [0.25, 0.3) is 0 Å². The van der Waals surface area contributed by atoms with Gasteiger partial charge < -0.3 is 5.32 Å². The van der Waals surface area contributed by atoms with Crippen LogP contribution in [0, 0.1) is 18.8 Å². The Morgan fingerprint density at radius 3 is 2.75 bits per heavy atom. The largest absolute Gasteiger partial charge is 0.316 e. The number of aryl methyl sites for hydroxylation is 1. The highest BCUT2D eigenvalue weighted by Crippen LogP contribution is 2.41. The fourth-order valence-electron chi connectivity index (χ4n) is 3.51. The molecule has 0 aliphatic heterocycles. The van der Waals surface area contributed by atoms with E-state index in [0.717, 1.165) is 24.1 Å².